The van der Waals surface area contributed by atoms with E-state index in [-0.39, 0.29) is 29.3 Å². The molecule has 166 valence electrons. The van der Waals surface area contributed by atoms with Gasteiger partial charge in [-0.05, 0) is 66.0 Å². The Labute approximate surface area is 186 Å². The van der Waals surface area contributed by atoms with Crippen LogP contribution in [0.1, 0.15) is 70.3 Å². The van der Waals surface area contributed by atoms with Crippen LogP contribution in [0.4, 0.5) is 0 Å². The van der Waals surface area contributed by atoms with Gasteiger partial charge in [-0.2, -0.15) is 0 Å². The molecule has 0 aliphatic heterocycles. The van der Waals surface area contributed by atoms with Gasteiger partial charge in [-0.15, -0.1) is 0 Å². The van der Waals surface area contributed by atoms with Crippen molar-refractivity contribution in [1.29, 1.82) is 0 Å². The number of aliphatic hydroxyl groups is 1. The highest BCUT2D eigenvalue weighted by Crippen LogP contribution is 2.20. The lowest BCUT2D eigenvalue weighted by Crippen LogP contribution is -2.41. The standard InChI is InChI=1S/C26H34N2O3/c1-25(2,3)27-23(30)21-13-9-7-11-18(21)15-16-20(29)17-19-12-8-10-14-22(19)24(31)28-26(4,5)6/h7-8,10-12,14,20,29H,9,13,17H2,1-6H3,(H,27,30)(H,28,31). The number of carbonyl (C=O) groups is 2. The highest BCUT2D eigenvalue weighted by molar-refractivity contribution is 5.97. The number of carbonyl (C=O) groups excluding carboxylic acids is 2. The minimum Gasteiger partial charge on any atom is -0.380 e. The second-order valence-corrected chi connectivity index (χ2v) is 9.89. The number of nitrogens with one attached hydrogen (secondary N) is 2. The van der Waals surface area contributed by atoms with Crippen LogP contribution < -0.4 is 10.6 Å². The predicted molar refractivity (Wildman–Crippen MR) is 124 cm³/mol. The van der Waals surface area contributed by atoms with Crippen LogP contribution in [0.25, 0.3) is 0 Å². The van der Waals surface area contributed by atoms with Crippen molar-refractivity contribution in [2.24, 2.45) is 0 Å². The minimum absolute atomic E-state index is 0.125. The summed E-state index contributed by atoms with van der Waals surface area (Å²) in [4.78, 5) is 25.2. The first-order valence-electron chi connectivity index (χ1n) is 10.7. The van der Waals surface area contributed by atoms with Crippen LogP contribution in [0.2, 0.25) is 0 Å². The normalized spacial score (nSPS) is 15.1. The highest BCUT2D eigenvalue weighted by atomic mass is 16.3. The molecule has 31 heavy (non-hydrogen) atoms. The van der Waals surface area contributed by atoms with Crippen molar-refractivity contribution in [1.82, 2.24) is 10.6 Å². The van der Waals surface area contributed by atoms with Crippen LogP contribution in [0, 0.1) is 11.8 Å². The number of hydrogen-bond acceptors (Lipinski definition) is 3. The minimum atomic E-state index is -0.960. The molecule has 5 nitrogen and oxygen atoms in total. The highest BCUT2D eigenvalue weighted by Gasteiger charge is 2.21. The van der Waals surface area contributed by atoms with Crippen molar-refractivity contribution in [2.75, 3.05) is 0 Å². The number of rotatable bonds is 4. The fourth-order valence-corrected chi connectivity index (χ4v) is 3.18. The number of benzene rings is 1. The van der Waals surface area contributed by atoms with Gasteiger partial charge in [-0.1, -0.05) is 42.2 Å². The fourth-order valence-electron chi connectivity index (χ4n) is 3.18. The summed E-state index contributed by atoms with van der Waals surface area (Å²) in [5, 5.41) is 16.5. The summed E-state index contributed by atoms with van der Waals surface area (Å²) in [5.74, 6) is 5.52. The van der Waals surface area contributed by atoms with Crippen LogP contribution in [-0.4, -0.2) is 34.1 Å². The molecular weight excluding hydrogens is 388 g/mol. The lowest BCUT2D eigenvalue weighted by atomic mass is 9.95. The van der Waals surface area contributed by atoms with Crippen LogP contribution in [0.5, 0.6) is 0 Å². The smallest absolute Gasteiger partial charge is 0.251 e. The third kappa shape index (κ3) is 8.07. The van der Waals surface area contributed by atoms with Crippen LogP contribution in [0.3, 0.4) is 0 Å². The van der Waals surface area contributed by atoms with Crippen molar-refractivity contribution >= 4 is 11.8 Å². The third-order valence-corrected chi connectivity index (χ3v) is 4.47. The number of hydrogen-bond donors (Lipinski definition) is 3. The number of allylic oxidation sites excluding steroid dienone is 3. The van der Waals surface area contributed by atoms with Gasteiger partial charge in [0, 0.05) is 34.2 Å². The summed E-state index contributed by atoms with van der Waals surface area (Å²) < 4.78 is 0. The third-order valence-electron chi connectivity index (χ3n) is 4.47. The summed E-state index contributed by atoms with van der Waals surface area (Å²) in [6, 6.07) is 7.21. The molecule has 1 atom stereocenters. The van der Waals surface area contributed by atoms with Crippen LogP contribution in [-0.2, 0) is 11.2 Å². The van der Waals surface area contributed by atoms with Gasteiger partial charge in [0.1, 0.15) is 6.10 Å². The molecule has 1 unspecified atom stereocenters. The Morgan fingerprint density at radius 3 is 2.29 bits per heavy atom. The molecule has 0 bridgehead atoms. The molecule has 2 amide bonds. The van der Waals surface area contributed by atoms with E-state index in [1.54, 1.807) is 12.1 Å². The lowest BCUT2D eigenvalue weighted by molar-refractivity contribution is -0.119. The maximum absolute atomic E-state index is 12.6. The largest absolute Gasteiger partial charge is 0.380 e. The molecule has 2 rings (SSSR count). The summed E-state index contributed by atoms with van der Waals surface area (Å²) in [7, 11) is 0. The maximum atomic E-state index is 12.6. The van der Waals surface area contributed by atoms with Crippen LogP contribution >= 0.6 is 0 Å². The van der Waals surface area contributed by atoms with Crippen molar-refractivity contribution in [3.05, 3.63) is 58.7 Å². The predicted octanol–water partition coefficient (Wildman–Crippen LogP) is 3.68. The molecule has 1 aliphatic rings. The number of amides is 2. The van der Waals surface area contributed by atoms with E-state index in [9.17, 15) is 14.7 Å². The van der Waals surface area contributed by atoms with Gasteiger partial charge >= 0.3 is 0 Å². The molecule has 1 aliphatic carbocycles. The Morgan fingerprint density at radius 1 is 1.03 bits per heavy atom. The zero-order valence-corrected chi connectivity index (χ0v) is 19.4. The van der Waals surface area contributed by atoms with Gasteiger partial charge in [0.05, 0.1) is 0 Å². The first kappa shape index (κ1) is 24.4. The number of aliphatic hydroxyl groups excluding tert-OH is 1. The van der Waals surface area contributed by atoms with Crippen molar-refractivity contribution < 1.29 is 14.7 Å². The van der Waals surface area contributed by atoms with Crippen molar-refractivity contribution in [3.63, 3.8) is 0 Å². The van der Waals surface area contributed by atoms with E-state index in [1.165, 1.54) is 0 Å². The Balaban J connectivity index is 2.20. The van der Waals surface area contributed by atoms with E-state index in [2.05, 4.69) is 22.5 Å². The van der Waals surface area contributed by atoms with Crippen molar-refractivity contribution in [2.45, 2.75) is 78.0 Å². The van der Waals surface area contributed by atoms with E-state index in [0.717, 1.165) is 12.0 Å². The molecule has 0 spiro atoms. The molecular formula is C26H34N2O3. The molecule has 5 heteroatoms. The molecule has 0 heterocycles. The fraction of sp³-hybridized carbons (Fsp3) is 0.462. The zero-order valence-electron chi connectivity index (χ0n) is 19.4. The van der Waals surface area contributed by atoms with E-state index in [1.807, 2.05) is 65.8 Å². The van der Waals surface area contributed by atoms with E-state index < -0.39 is 6.10 Å². The van der Waals surface area contributed by atoms with Crippen LogP contribution in [0.15, 0.2) is 47.6 Å². The van der Waals surface area contributed by atoms with Gasteiger partial charge in [0.15, 0.2) is 0 Å². The first-order chi connectivity index (χ1) is 14.4. The topological polar surface area (TPSA) is 78.4 Å². The van der Waals surface area contributed by atoms with Gasteiger partial charge in [0.25, 0.3) is 5.91 Å². The first-order valence-corrected chi connectivity index (χ1v) is 10.7. The zero-order chi connectivity index (χ0) is 23.2. The molecule has 0 saturated carbocycles. The van der Waals surface area contributed by atoms with Gasteiger partial charge in [-0.25, -0.2) is 0 Å². The Hall–Kier alpha value is -2.84. The monoisotopic (exact) mass is 422 g/mol. The van der Waals surface area contributed by atoms with E-state index in [4.69, 9.17) is 0 Å². The average Bonchev–Trinajstić information content (AvgIpc) is 2.64. The molecule has 0 saturated heterocycles. The second-order valence-electron chi connectivity index (χ2n) is 9.89. The Kier molecular flexibility index (Phi) is 7.86. The summed E-state index contributed by atoms with van der Waals surface area (Å²) in [5.41, 5.74) is 1.84. The average molecular weight is 423 g/mol. The molecule has 1 aromatic rings. The lowest BCUT2D eigenvalue weighted by Gasteiger charge is -2.22. The molecule has 0 radical (unpaired) electrons. The second kappa shape index (κ2) is 9.98. The quantitative estimate of drug-likeness (QED) is 0.648. The molecule has 0 aromatic heterocycles. The van der Waals surface area contributed by atoms with Crippen molar-refractivity contribution in [3.8, 4) is 11.8 Å². The summed E-state index contributed by atoms with van der Waals surface area (Å²) >= 11 is 0. The van der Waals surface area contributed by atoms with Gasteiger partial charge in [-0.3, -0.25) is 9.59 Å². The molecule has 0 fully saturated rings. The Morgan fingerprint density at radius 2 is 1.65 bits per heavy atom. The summed E-state index contributed by atoms with van der Waals surface area (Å²) in [6.07, 6.45) is 4.49. The Bertz CT molecular complexity index is 947. The van der Waals surface area contributed by atoms with E-state index in [0.29, 0.717) is 23.1 Å². The summed E-state index contributed by atoms with van der Waals surface area (Å²) in [6.45, 7) is 11.6. The van der Waals surface area contributed by atoms with Gasteiger partial charge < -0.3 is 15.7 Å². The molecule has 1 aromatic carbocycles. The van der Waals surface area contributed by atoms with Gasteiger partial charge in [0.2, 0.25) is 5.91 Å². The SMILES string of the molecule is CC(C)(C)NC(=O)C1=C(C#CC(O)Cc2ccccc2C(=O)NC(C)(C)C)C=CCC1. The van der Waals surface area contributed by atoms with E-state index >= 15 is 0 Å². The maximum Gasteiger partial charge on any atom is 0.251 e. The molecule has 3 N–H and O–H groups in total.